The van der Waals surface area contributed by atoms with E-state index in [1.807, 2.05) is 0 Å². The van der Waals surface area contributed by atoms with Gasteiger partial charge in [-0.2, -0.15) is 0 Å². The maximum atomic E-state index is 11.8. The highest BCUT2D eigenvalue weighted by Gasteiger charge is 2.31. The van der Waals surface area contributed by atoms with Gasteiger partial charge in [0.1, 0.15) is 11.5 Å². The molecule has 0 fully saturated rings. The van der Waals surface area contributed by atoms with Crippen LogP contribution in [0.4, 0.5) is 39.8 Å². The molecule has 5 aromatic rings. The quantitative estimate of drug-likeness (QED) is 0.0764. The molecule has 0 heterocycles. The first-order valence-corrected chi connectivity index (χ1v) is 25.2. The molecule has 0 saturated heterocycles. The van der Waals surface area contributed by atoms with Gasteiger partial charge in [-0.15, -0.1) is 0 Å². The first-order chi connectivity index (χ1) is 32.0. The van der Waals surface area contributed by atoms with Crippen molar-refractivity contribution >= 4 is 39.8 Å². The molecule has 1 unspecified atom stereocenters. The van der Waals surface area contributed by atoms with Crippen LogP contribution >= 0.6 is 0 Å². The van der Waals surface area contributed by atoms with Gasteiger partial charge >= 0.3 is 0 Å². The first kappa shape index (κ1) is 52.5. The lowest BCUT2D eigenvalue weighted by molar-refractivity contribution is 0.306. The summed E-state index contributed by atoms with van der Waals surface area (Å²) in [5, 5.41) is 34.1. The summed E-state index contributed by atoms with van der Waals surface area (Å²) in [7, 11) is 0. The zero-order chi connectivity index (χ0) is 50.7. The molecule has 5 N–H and O–H groups in total. The smallest absolute Gasteiger partial charge is 0.123 e. The number of rotatable bonds is 14. The van der Waals surface area contributed by atoms with E-state index >= 15 is 0 Å². The van der Waals surface area contributed by atoms with E-state index in [-0.39, 0.29) is 21.7 Å². The number of aliphatic hydroxyl groups excluding tert-OH is 1. The Hall–Kier alpha value is -5.88. The molecule has 0 radical (unpaired) electrons. The van der Waals surface area contributed by atoms with Gasteiger partial charge in [-0.25, -0.2) is 0 Å². The number of hydrogen-bond acceptors (Lipinski definition) is 6. The summed E-state index contributed by atoms with van der Waals surface area (Å²) in [6.45, 7) is 36.7. The fourth-order valence-corrected chi connectivity index (χ4v) is 9.53. The summed E-state index contributed by atoms with van der Waals surface area (Å²) in [6.07, 6.45) is 7.52. The van der Waals surface area contributed by atoms with Crippen LogP contribution in [0.1, 0.15) is 146 Å². The molecule has 0 bridgehead atoms. The zero-order valence-electron chi connectivity index (χ0n) is 45.0. The van der Waals surface area contributed by atoms with Crippen molar-refractivity contribution in [1.82, 2.24) is 0 Å². The van der Waals surface area contributed by atoms with E-state index in [1.54, 1.807) is 0 Å². The summed E-state index contributed by atoms with van der Waals surface area (Å²) >= 11 is 0. The molecule has 1 aliphatic rings. The van der Waals surface area contributed by atoms with E-state index in [4.69, 9.17) is 0 Å². The van der Waals surface area contributed by atoms with E-state index < -0.39 is 0 Å². The van der Waals surface area contributed by atoms with Crippen LogP contribution in [0.15, 0.2) is 144 Å². The van der Waals surface area contributed by atoms with Gasteiger partial charge in [0.15, 0.2) is 0 Å². The minimum Gasteiger partial charge on any atom is -0.508 e. The molecule has 368 valence electrons. The second kappa shape index (κ2) is 20.6. The van der Waals surface area contributed by atoms with Gasteiger partial charge in [0.2, 0.25) is 0 Å². The predicted molar refractivity (Wildman–Crippen MR) is 298 cm³/mol. The van der Waals surface area contributed by atoms with Crippen LogP contribution in [-0.4, -0.2) is 16.8 Å². The van der Waals surface area contributed by atoms with Gasteiger partial charge in [0.25, 0.3) is 0 Å². The van der Waals surface area contributed by atoms with Gasteiger partial charge < -0.3 is 31.1 Å². The number of nitrogens with zero attached hydrogens (tertiary/aromatic N) is 1. The van der Waals surface area contributed by atoms with Crippen LogP contribution in [-0.2, 0) is 23.8 Å². The lowest BCUT2D eigenvalue weighted by Gasteiger charge is -2.31. The van der Waals surface area contributed by atoms with Crippen LogP contribution < -0.4 is 20.9 Å². The SMILES string of the molecule is CC(Cc1ccc(Nc2ccc(Nc3ccc(Nc4ccc(N(CC5=CCC(C(C)(C)C)=C(O)C(C(C)(C)C)=C5)Cc5cc(C(C)(C)C)c(O)c(C(C)(C)C)c5)cc4)cc3)cc2)cc1)CC(C)(C)C. The van der Waals surface area contributed by atoms with E-state index in [0.717, 1.165) is 79.6 Å². The Kier molecular flexibility index (Phi) is 15.7. The first-order valence-electron chi connectivity index (χ1n) is 25.2. The summed E-state index contributed by atoms with van der Waals surface area (Å²) in [5.41, 5.74) is 14.3. The Morgan fingerprint density at radius 1 is 0.507 bits per heavy atom. The van der Waals surface area contributed by atoms with Crippen molar-refractivity contribution in [3.8, 4) is 5.75 Å². The van der Waals surface area contributed by atoms with Crippen LogP contribution in [0, 0.1) is 22.2 Å². The monoisotopic (exact) mass is 929 g/mol. The molecule has 6 nitrogen and oxygen atoms in total. The van der Waals surface area contributed by atoms with Crippen LogP contribution in [0.2, 0.25) is 0 Å². The van der Waals surface area contributed by atoms with Crippen molar-refractivity contribution in [1.29, 1.82) is 0 Å². The van der Waals surface area contributed by atoms with Gasteiger partial charge in [-0.05, 0) is 188 Å². The van der Waals surface area contributed by atoms with Crippen molar-refractivity contribution < 1.29 is 10.2 Å². The fourth-order valence-electron chi connectivity index (χ4n) is 9.53. The van der Waals surface area contributed by atoms with Crippen molar-refractivity contribution in [2.24, 2.45) is 22.2 Å². The Labute approximate surface area is 417 Å². The molecule has 6 rings (SSSR count). The molecule has 0 amide bonds. The molecule has 69 heavy (non-hydrogen) atoms. The van der Waals surface area contributed by atoms with Crippen molar-refractivity contribution in [3.05, 3.63) is 166 Å². The Bertz CT molecular complexity index is 2580. The number of allylic oxidation sites excluding steroid dienone is 3. The summed E-state index contributed by atoms with van der Waals surface area (Å²) in [6, 6.07) is 38.7. The maximum Gasteiger partial charge on any atom is 0.123 e. The Balaban J connectivity index is 1.17. The third kappa shape index (κ3) is 14.6. The topological polar surface area (TPSA) is 79.8 Å². The molecular formula is C63H84N4O2. The van der Waals surface area contributed by atoms with Gasteiger partial charge in [-0.1, -0.05) is 135 Å². The zero-order valence-corrected chi connectivity index (χ0v) is 45.0. The summed E-state index contributed by atoms with van der Waals surface area (Å²) in [5.74, 6) is 1.47. The Morgan fingerprint density at radius 2 is 0.913 bits per heavy atom. The average molecular weight is 929 g/mol. The molecule has 6 heteroatoms. The highest BCUT2D eigenvalue weighted by atomic mass is 16.3. The number of phenols is 1. The standard InChI is InChI=1S/C63H84N4O2/c1-42(39-59(2,3)4)35-43-17-20-46(21-18-43)64-47-22-24-48(25-23-47)65-49-26-28-50(29-27-49)66-51-30-32-52(33-31-51)67(41-45-37-55(62(11,12)13)58(69)56(38-45)63(14,15)16)40-44-19-34-53(60(5,6)7)57(68)54(36-44)61(8,9)10/h17-33,36-38,42,64-66,68-69H,34-35,39-41H2,1-16H3. The average Bonchev–Trinajstić information content (AvgIpc) is 3.40. The molecule has 1 aliphatic carbocycles. The molecular weight excluding hydrogens is 845 g/mol. The lowest BCUT2D eigenvalue weighted by Crippen LogP contribution is -2.26. The lowest BCUT2D eigenvalue weighted by atomic mass is 9.78. The maximum absolute atomic E-state index is 11.8. The number of aromatic hydroxyl groups is 1. The summed E-state index contributed by atoms with van der Waals surface area (Å²) in [4.78, 5) is 2.42. The highest BCUT2D eigenvalue weighted by molar-refractivity contribution is 5.69. The second-order valence-corrected chi connectivity index (χ2v) is 25.1. The van der Waals surface area contributed by atoms with E-state index in [1.165, 1.54) is 12.0 Å². The van der Waals surface area contributed by atoms with Crippen molar-refractivity contribution in [2.75, 3.05) is 27.4 Å². The van der Waals surface area contributed by atoms with Gasteiger partial charge in [0.05, 0.1) is 0 Å². The van der Waals surface area contributed by atoms with Crippen molar-refractivity contribution in [3.63, 3.8) is 0 Å². The minimum absolute atomic E-state index is 0.179. The van der Waals surface area contributed by atoms with E-state index in [9.17, 15) is 10.2 Å². The largest absolute Gasteiger partial charge is 0.508 e. The van der Waals surface area contributed by atoms with Gasteiger partial charge in [-0.3, -0.25) is 0 Å². The van der Waals surface area contributed by atoms with E-state index in [2.05, 4.69) is 253 Å². The normalized spacial score (nSPS) is 14.4. The minimum atomic E-state index is -0.251. The van der Waals surface area contributed by atoms with Crippen molar-refractivity contribution in [2.45, 2.75) is 147 Å². The molecule has 1 atom stereocenters. The number of aliphatic hydroxyl groups is 1. The Morgan fingerprint density at radius 3 is 1.29 bits per heavy atom. The third-order valence-electron chi connectivity index (χ3n) is 13.1. The van der Waals surface area contributed by atoms with E-state index in [0.29, 0.717) is 42.4 Å². The molecule has 0 aromatic heterocycles. The molecule has 0 aliphatic heterocycles. The number of nitrogens with one attached hydrogen (secondary N) is 3. The molecule has 0 saturated carbocycles. The predicted octanol–water partition coefficient (Wildman–Crippen LogP) is 18.0. The van der Waals surface area contributed by atoms with Crippen LogP contribution in [0.25, 0.3) is 0 Å². The number of hydrogen-bond donors (Lipinski definition) is 5. The molecule has 5 aromatic carbocycles. The van der Waals surface area contributed by atoms with Crippen LogP contribution in [0.3, 0.4) is 0 Å². The third-order valence-corrected chi connectivity index (χ3v) is 13.1. The second-order valence-electron chi connectivity index (χ2n) is 25.1. The fraction of sp³-hybridized carbons (Fsp3) is 0.429. The highest BCUT2D eigenvalue weighted by Crippen LogP contribution is 2.43. The van der Waals surface area contributed by atoms with Crippen LogP contribution in [0.5, 0.6) is 5.75 Å². The number of benzene rings is 5. The summed E-state index contributed by atoms with van der Waals surface area (Å²) < 4.78 is 0. The van der Waals surface area contributed by atoms with Gasteiger partial charge in [0, 0.05) is 52.9 Å². The molecule has 0 spiro atoms. The number of phenolic OH excluding ortho intramolecular Hbond substituents is 1. The number of anilines is 7.